The van der Waals surface area contributed by atoms with Crippen LogP contribution in [0.1, 0.15) is 47.1 Å². The maximum atomic E-state index is 12.6. The molecule has 2 N–H and O–H groups in total. The molecule has 0 radical (unpaired) electrons. The fourth-order valence-electron chi connectivity index (χ4n) is 2.21. The Bertz CT molecular complexity index is 682. The van der Waals surface area contributed by atoms with Gasteiger partial charge < -0.3 is 24.6 Å². The number of hydrogen-bond acceptors (Lipinski definition) is 7. The first-order chi connectivity index (χ1) is 13.4. The molecule has 0 bridgehead atoms. The summed E-state index contributed by atoms with van der Waals surface area (Å²) in [5, 5.41) is 12.2. The van der Waals surface area contributed by atoms with Gasteiger partial charge in [0.15, 0.2) is 12.1 Å². The van der Waals surface area contributed by atoms with Crippen molar-refractivity contribution in [3.05, 3.63) is 35.9 Å². The van der Waals surface area contributed by atoms with Crippen LogP contribution >= 0.6 is 0 Å². The molecule has 0 spiro atoms. The van der Waals surface area contributed by atoms with E-state index in [1.54, 1.807) is 58.9 Å². The largest absolute Gasteiger partial charge is 0.459 e. The maximum absolute atomic E-state index is 12.6. The Balaban J connectivity index is 2.87. The van der Waals surface area contributed by atoms with Crippen LogP contribution in [-0.2, 0) is 30.4 Å². The Morgan fingerprint density at radius 3 is 2.14 bits per heavy atom. The minimum atomic E-state index is -1.35. The highest BCUT2D eigenvalue weighted by Crippen LogP contribution is 2.12. The fraction of sp³-hybridized carbons (Fsp3) is 0.571. The summed E-state index contributed by atoms with van der Waals surface area (Å²) in [5.41, 5.74) is -0.0205. The third-order valence-electron chi connectivity index (χ3n) is 3.79. The van der Waals surface area contributed by atoms with Crippen molar-refractivity contribution in [2.45, 2.75) is 72.0 Å². The van der Waals surface area contributed by atoms with Gasteiger partial charge in [0, 0.05) is 0 Å². The van der Waals surface area contributed by atoms with Crippen molar-refractivity contribution >= 4 is 18.0 Å². The predicted octanol–water partition coefficient (Wildman–Crippen LogP) is 2.57. The first kappa shape index (κ1) is 24.4. The van der Waals surface area contributed by atoms with Crippen molar-refractivity contribution in [3.8, 4) is 0 Å². The van der Waals surface area contributed by atoms with E-state index in [4.69, 9.17) is 14.2 Å². The molecule has 0 aliphatic rings. The van der Waals surface area contributed by atoms with Crippen molar-refractivity contribution in [2.75, 3.05) is 0 Å². The first-order valence-corrected chi connectivity index (χ1v) is 9.49. The summed E-state index contributed by atoms with van der Waals surface area (Å²) in [6.45, 7) is 9.76. The molecule has 0 saturated heterocycles. The Morgan fingerprint density at radius 2 is 1.62 bits per heavy atom. The highest BCUT2D eigenvalue weighted by molar-refractivity contribution is 5.83. The molecular weight excluding hydrogens is 378 g/mol. The van der Waals surface area contributed by atoms with E-state index in [0.29, 0.717) is 0 Å². The van der Waals surface area contributed by atoms with Gasteiger partial charge in [0.05, 0.1) is 0 Å². The molecule has 1 amide bonds. The lowest BCUT2D eigenvalue weighted by atomic mass is 10.1. The molecule has 8 nitrogen and oxygen atoms in total. The number of rotatable bonds is 8. The summed E-state index contributed by atoms with van der Waals surface area (Å²) in [6.07, 6.45) is -3.29. The van der Waals surface area contributed by atoms with Crippen LogP contribution in [0, 0.1) is 5.92 Å². The molecule has 0 saturated carbocycles. The summed E-state index contributed by atoms with van der Waals surface area (Å²) < 4.78 is 15.6. The standard InChI is InChI=1S/C21H31NO7/c1-13(2)17(23)19(25)28-14(3)16(22-20(26)29-21(4,5)6)18(24)27-12-15-10-8-7-9-11-15/h7-11,13-14,16-17,23H,12H2,1-6H3,(H,22,26). The molecule has 0 fully saturated rings. The molecule has 1 aromatic carbocycles. The van der Waals surface area contributed by atoms with E-state index in [-0.39, 0.29) is 12.5 Å². The quantitative estimate of drug-likeness (QED) is 0.501. The molecule has 0 aliphatic heterocycles. The van der Waals surface area contributed by atoms with E-state index in [0.717, 1.165) is 5.56 Å². The van der Waals surface area contributed by atoms with E-state index in [1.165, 1.54) is 6.92 Å². The lowest BCUT2D eigenvalue weighted by molar-refractivity contribution is -0.166. The number of nitrogens with one attached hydrogen (secondary N) is 1. The molecule has 1 aromatic rings. The fourth-order valence-corrected chi connectivity index (χ4v) is 2.21. The first-order valence-electron chi connectivity index (χ1n) is 9.49. The van der Waals surface area contributed by atoms with Gasteiger partial charge in [-0.3, -0.25) is 0 Å². The zero-order valence-corrected chi connectivity index (χ0v) is 17.8. The van der Waals surface area contributed by atoms with Gasteiger partial charge in [-0.2, -0.15) is 0 Å². The SMILES string of the molecule is CC(C)C(O)C(=O)OC(C)C(NC(=O)OC(C)(C)C)C(=O)OCc1ccccc1. The molecule has 29 heavy (non-hydrogen) atoms. The predicted molar refractivity (Wildman–Crippen MR) is 106 cm³/mol. The Kier molecular flexibility index (Phi) is 9.10. The number of carbonyl (C=O) groups excluding carboxylic acids is 3. The second-order valence-corrected chi connectivity index (χ2v) is 8.05. The van der Waals surface area contributed by atoms with E-state index in [1.807, 2.05) is 6.07 Å². The van der Waals surface area contributed by atoms with E-state index >= 15 is 0 Å². The highest BCUT2D eigenvalue weighted by Gasteiger charge is 2.34. The minimum Gasteiger partial charge on any atom is -0.459 e. The number of aliphatic hydroxyl groups excluding tert-OH is 1. The van der Waals surface area contributed by atoms with Crippen molar-refractivity contribution in [1.82, 2.24) is 5.32 Å². The average molecular weight is 409 g/mol. The minimum absolute atomic E-state index is 0.0124. The Labute approximate surface area is 171 Å². The van der Waals surface area contributed by atoms with Gasteiger partial charge in [-0.25, -0.2) is 14.4 Å². The maximum Gasteiger partial charge on any atom is 0.408 e. The van der Waals surface area contributed by atoms with Crippen LogP contribution in [0.3, 0.4) is 0 Å². The molecule has 0 heterocycles. The van der Waals surface area contributed by atoms with Gasteiger partial charge in [0.25, 0.3) is 0 Å². The van der Waals surface area contributed by atoms with Crippen LogP contribution < -0.4 is 5.32 Å². The topological polar surface area (TPSA) is 111 Å². The summed E-state index contributed by atoms with van der Waals surface area (Å²) in [4.78, 5) is 36.8. The number of ether oxygens (including phenoxy) is 3. The molecule has 3 atom stereocenters. The van der Waals surface area contributed by atoms with Gasteiger partial charge in [-0.1, -0.05) is 44.2 Å². The van der Waals surface area contributed by atoms with Crippen LogP contribution in [0.5, 0.6) is 0 Å². The van der Waals surface area contributed by atoms with Crippen LogP contribution in [0.4, 0.5) is 4.79 Å². The third-order valence-corrected chi connectivity index (χ3v) is 3.79. The van der Waals surface area contributed by atoms with Crippen molar-refractivity contribution in [2.24, 2.45) is 5.92 Å². The zero-order valence-electron chi connectivity index (χ0n) is 17.8. The number of aliphatic hydroxyl groups is 1. The second kappa shape index (κ2) is 10.8. The average Bonchev–Trinajstić information content (AvgIpc) is 2.62. The third kappa shape index (κ3) is 8.95. The van der Waals surface area contributed by atoms with E-state index < -0.39 is 41.9 Å². The van der Waals surface area contributed by atoms with Crippen molar-refractivity contribution < 1.29 is 33.7 Å². The van der Waals surface area contributed by atoms with Gasteiger partial charge in [0.2, 0.25) is 0 Å². The number of esters is 2. The summed E-state index contributed by atoms with van der Waals surface area (Å²) in [5.74, 6) is -2.05. The molecule has 1 rings (SSSR count). The van der Waals surface area contributed by atoms with E-state index in [2.05, 4.69) is 5.32 Å². The van der Waals surface area contributed by atoms with Gasteiger partial charge in [0.1, 0.15) is 18.3 Å². The van der Waals surface area contributed by atoms with Crippen molar-refractivity contribution in [1.29, 1.82) is 0 Å². The molecular formula is C21H31NO7. The normalized spacial score (nSPS) is 14.5. The number of benzene rings is 1. The second-order valence-electron chi connectivity index (χ2n) is 8.05. The molecule has 8 heteroatoms. The molecule has 0 aromatic heterocycles. The zero-order chi connectivity index (χ0) is 22.2. The summed E-state index contributed by atoms with van der Waals surface area (Å²) in [6, 6.07) is 7.70. The smallest absolute Gasteiger partial charge is 0.408 e. The lowest BCUT2D eigenvalue weighted by Crippen LogP contribution is -2.51. The Morgan fingerprint density at radius 1 is 1.03 bits per heavy atom. The number of alkyl carbamates (subject to hydrolysis) is 1. The molecule has 3 unspecified atom stereocenters. The Hall–Kier alpha value is -2.61. The van der Waals surface area contributed by atoms with Gasteiger partial charge >= 0.3 is 18.0 Å². The molecule has 162 valence electrons. The van der Waals surface area contributed by atoms with Crippen LogP contribution in [0.15, 0.2) is 30.3 Å². The molecule has 0 aliphatic carbocycles. The highest BCUT2D eigenvalue weighted by atomic mass is 16.6. The summed E-state index contributed by atoms with van der Waals surface area (Å²) >= 11 is 0. The lowest BCUT2D eigenvalue weighted by Gasteiger charge is -2.27. The van der Waals surface area contributed by atoms with E-state index in [9.17, 15) is 19.5 Å². The van der Waals surface area contributed by atoms with Crippen molar-refractivity contribution in [3.63, 3.8) is 0 Å². The number of amides is 1. The van der Waals surface area contributed by atoms with Crippen LogP contribution in [0.2, 0.25) is 0 Å². The van der Waals surface area contributed by atoms with Gasteiger partial charge in [-0.15, -0.1) is 0 Å². The monoisotopic (exact) mass is 409 g/mol. The number of hydrogen-bond donors (Lipinski definition) is 2. The van der Waals surface area contributed by atoms with Gasteiger partial charge in [-0.05, 0) is 39.2 Å². The number of carbonyl (C=O) groups is 3. The van der Waals surface area contributed by atoms with Crippen LogP contribution in [-0.4, -0.2) is 47.0 Å². The van der Waals surface area contributed by atoms with Crippen LogP contribution in [0.25, 0.3) is 0 Å². The summed E-state index contributed by atoms with van der Waals surface area (Å²) in [7, 11) is 0.